The number of rotatable bonds is 4. The molecule has 0 aliphatic heterocycles. The number of hydrogen-bond acceptors (Lipinski definition) is 3. The quantitative estimate of drug-likeness (QED) is 0.612. The van der Waals surface area contributed by atoms with E-state index in [-0.39, 0.29) is 5.91 Å². The number of aromatic nitrogens is 1. The molecular weight excluding hydrogens is 360 g/mol. The molecule has 0 atom stereocenters. The Labute approximate surface area is 154 Å². The van der Waals surface area contributed by atoms with Crippen molar-refractivity contribution in [3.63, 3.8) is 0 Å². The number of benzene rings is 2. The van der Waals surface area contributed by atoms with E-state index in [0.29, 0.717) is 16.2 Å². The molecule has 0 N–H and O–H groups in total. The van der Waals surface area contributed by atoms with Gasteiger partial charge in [0, 0.05) is 24.1 Å². The van der Waals surface area contributed by atoms with Gasteiger partial charge >= 0.3 is 0 Å². The molecule has 0 fully saturated rings. The van der Waals surface area contributed by atoms with Gasteiger partial charge in [-0.05, 0) is 30.7 Å². The molecule has 0 aliphatic rings. The van der Waals surface area contributed by atoms with Crippen molar-refractivity contribution in [2.24, 2.45) is 12.0 Å². The summed E-state index contributed by atoms with van der Waals surface area (Å²) in [6.07, 6.45) is 0.417. The van der Waals surface area contributed by atoms with Crippen LogP contribution in [0.2, 0.25) is 5.02 Å². The van der Waals surface area contributed by atoms with E-state index < -0.39 is 0 Å². The van der Waals surface area contributed by atoms with Crippen molar-refractivity contribution < 1.29 is 4.79 Å². The van der Waals surface area contributed by atoms with Gasteiger partial charge in [0.05, 0.1) is 15.2 Å². The molecule has 3 rings (SSSR count). The number of fused-ring (bicyclic) bond motifs is 1. The zero-order valence-electron chi connectivity index (χ0n) is 13.5. The van der Waals surface area contributed by atoms with Crippen molar-refractivity contribution in [2.45, 2.75) is 18.2 Å². The third kappa shape index (κ3) is 3.74. The molecule has 124 valence electrons. The van der Waals surface area contributed by atoms with Gasteiger partial charge < -0.3 is 4.57 Å². The fraction of sp³-hybridized carbons (Fsp3) is 0.222. The summed E-state index contributed by atoms with van der Waals surface area (Å²) in [6, 6.07) is 13.9. The highest BCUT2D eigenvalue weighted by Gasteiger charge is 2.10. The Morgan fingerprint density at radius 1 is 1.25 bits per heavy atom. The average molecular weight is 377 g/mol. The highest BCUT2D eigenvalue weighted by Crippen LogP contribution is 2.28. The van der Waals surface area contributed by atoms with Crippen LogP contribution >= 0.6 is 34.7 Å². The van der Waals surface area contributed by atoms with Gasteiger partial charge in [0.15, 0.2) is 4.80 Å². The topological polar surface area (TPSA) is 34.4 Å². The Kier molecular flexibility index (Phi) is 5.43. The lowest BCUT2D eigenvalue weighted by atomic mass is 10.2. The number of thioether (sulfide) groups is 1. The smallest absolute Gasteiger partial charge is 0.249 e. The van der Waals surface area contributed by atoms with Crippen LogP contribution in [0.4, 0.5) is 0 Å². The first-order valence-corrected chi connectivity index (χ1v) is 9.74. The summed E-state index contributed by atoms with van der Waals surface area (Å²) in [5.41, 5.74) is 2.17. The second kappa shape index (κ2) is 7.55. The molecule has 3 aromatic rings. The van der Waals surface area contributed by atoms with Gasteiger partial charge in [0.1, 0.15) is 0 Å². The summed E-state index contributed by atoms with van der Waals surface area (Å²) in [5, 5.41) is 0.699. The molecule has 0 spiro atoms. The number of nitrogens with zero attached hydrogens (tertiary/aromatic N) is 2. The maximum Gasteiger partial charge on any atom is 0.249 e. The molecular formula is C18H17ClN2OS2. The molecule has 1 aromatic heterocycles. The molecule has 1 heterocycles. The zero-order valence-corrected chi connectivity index (χ0v) is 15.8. The van der Waals surface area contributed by atoms with Gasteiger partial charge in [0.25, 0.3) is 0 Å². The van der Waals surface area contributed by atoms with Crippen molar-refractivity contribution in [1.82, 2.24) is 4.57 Å². The summed E-state index contributed by atoms with van der Waals surface area (Å²) in [5.74, 6) is 0.621. The van der Waals surface area contributed by atoms with Crippen LogP contribution in [0.15, 0.2) is 52.4 Å². The largest absolute Gasteiger partial charge is 0.319 e. The second-order valence-corrected chi connectivity index (χ2v) is 7.96. The van der Waals surface area contributed by atoms with Crippen LogP contribution in [0.1, 0.15) is 12.0 Å². The third-order valence-corrected chi connectivity index (χ3v) is 6.25. The lowest BCUT2D eigenvalue weighted by Crippen LogP contribution is -2.13. The van der Waals surface area contributed by atoms with Crippen LogP contribution in [0.3, 0.4) is 0 Å². The van der Waals surface area contributed by atoms with Gasteiger partial charge in [-0.3, -0.25) is 4.79 Å². The number of carbonyl (C=O) groups is 1. The number of aryl methyl sites for hydroxylation is 2. The SMILES string of the molecule is Cc1ccc(Cl)c2sc(=NC(=O)CCSc3ccccc3)n(C)c12. The molecule has 3 nitrogen and oxygen atoms in total. The van der Waals surface area contributed by atoms with Crippen LogP contribution in [-0.4, -0.2) is 16.2 Å². The van der Waals surface area contributed by atoms with E-state index in [9.17, 15) is 4.79 Å². The normalized spacial score (nSPS) is 12.0. The van der Waals surface area contributed by atoms with Gasteiger partial charge in [0.2, 0.25) is 5.91 Å². The first-order valence-electron chi connectivity index (χ1n) is 7.56. The Morgan fingerprint density at radius 2 is 2.00 bits per heavy atom. The second-order valence-electron chi connectivity index (χ2n) is 5.40. The summed E-state index contributed by atoms with van der Waals surface area (Å²) in [6.45, 7) is 2.04. The van der Waals surface area contributed by atoms with E-state index in [1.165, 1.54) is 16.2 Å². The van der Waals surface area contributed by atoms with Crippen LogP contribution < -0.4 is 4.80 Å². The van der Waals surface area contributed by atoms with E-state index in [1.807, 2.05) is 61.0 Å². The molecule has 6 heteroatoms. The number of halogens is 1. The van der Waals surface area contributed by atoms with Crippen molar-refractivity contribution in [1.29, 1.82) is 0 Å². The van der Waals surface area contributed by atoms with Crippen LogP contribution in [0.5, 0.6) is 0 Å². The van der Waals surface area contributed by atoms with Crippen LogP contribution in [0, 0.1) is 6.92 Å². The summed E-state index contributed by atoms with van der Waals surface area (Å²) in [4.78, 5) is 18.3. The minimum absolute atomic E-state index is 0.102. The minimum Gasteiger partial charge on any atom is -0.319 e. The predicted octanol–water partition coefficient (Wildman–Crippen LogP) is 4.81. The lowest BCUT2D eigenvalue weighted by Gasteiger charge is -2.01. The maximum atomic E-state index is 12.2. The van der Waals surface area contributed by atoms with Gasteiger partial charge in [-0.25, -0.2) is 0 Å². The van der Waals surface area contributed by atoms with Crippen molar-refractivity contribution >= 4 is 50.8 Å². The summed E-state index contributed by atoms with van der Waals surface area (Å²) in [7, 11) is 1.92. The highest BCUT2D eigenvalue weighted by molar-refractivity contribution is 7.99. The Balaban J connectivity index is 1.77. The average Bonchev–Trinajstić information content (AvgIpc) is 2.90. The van der Waals surface area contributed by atoms with Crippen molar-refractivity contribution in [3.8, 4) is 0 Å². The summed E-state index contributed by atoms with van der Waals surface area (Å²) >= 11 is 9.40. The maximum absolute atomic E-state index is 12.2. The number of carbonyl (C=O) groups excluding carboxylic acids is 1. The van der Waals surface area contributed by atoms with Crippen LogP contribution in [0.25, 0.3) is 10.2 Å². The fourth-order valence-corrected chi connectivity index (χ4v) is 4.70. The molecule has 0 unspecified atom stereocenters. The van der Waals surface area contributed by atoms with E-state index >= 15 is 0 Å². The van der Waals surface area contributed by atoms with E-state index in [2.05, 4.69) is 4.99 Å². The molecule has 0 saturated heterocycles. The minimum atomic E-state index is -0.102. The first-order chi connectivity index (χ1) is 11.6. The van der Waals surface area contributed by atoms with Gasteiger partial charge in [-0.2, -0.15) is 4.99 Å². The van der Waals surface area contributed by atoms with Gasteiger partial charge in [-0.15, -0.1) is 11.8 Å². The van der Waals surface area contributed by atoms with E-state index in [0.717, 1.165) is 21.5 Å². The Morgan fingerprint density at radius 3 is 2.71 bits per heavy atom. The highest BCUT2D eigenvalue weighted by atomic mass is 35.5. The standard InChI is InChI=1S/C18H17ClN2OS2/c1-12-8-9-14(19)17-16(12)21(2)18(24-17)20-15(22)10-11-23-13-6-4-3-5-7-13/h3-9H,10-11H2,1-2H3. The summed E-state index contributed by atoms with van der Waals surface area (Å²) < 4.78 is 2.92. The van der Waals surface area contributed by atoms with Crippen molar-refractivity contribution in [2.75, 3.05) is 5.75 Å². The Hall–Kier alpha value is -1.56. The third-order valence-electron chi connectivity index (χ3n) is 3.65. The number of thiazole rings is 1. The molecule has 24 heavy (non-hydrogen) atoms. The van der Waals surface area contributed by atoms with Gasteiger partial charge in [-0.1, -0.05) is 47.2 Å². The molecule has 0 bridgehead atoms. The molecule has 0 radical (unpaired) electrons. The number of amides is 1. The van der Waals surface area contributed by atoms with E-state index in [4.69, 9.17) is 11.6 Å². The molecule has 1 amide bonds. The lowest BCUT2D eigenvalue weighted by molar-refractivity contribution is -0.117. The molecule has 0 aliphatic carbocycles. The first kappa shape index (κ1) is 17.3. The predicted molar refractivity (Wildman–Crippen MR) is 103 cm³/mol. The molecule has 0 saturated carbocycles. The van der Waals surface area contributed by atoms with E-state index in [1.54, 1.807) is 11.8 Å². The van der Waals surface area contributed by atoms with Crippen LogP contribution in [-0.2, 0) is 11.8 Å². The Bertz CT molecular complexity index is 945. The zero-order chi connectivity index (χ0) is 17.1. The fourth-order valence-electron chi connectivity index (χ4n) is 2.45. The number of hydrogen-bond donors (Lipinski definition) is 0. The van der Waals surface area contributed by atoms with Crippen molar-refractivity contribution in [3.05, 3.63) is 57.9 Å². The monoisotopic (exact) mass is 376 g/mol. The molecule has 2 aromatic carbocycles.